The number of carboxylic acids is 1. The van der Waals surface area contributed by atoms with Crippen LogP contribution in [0.4, 0.5) is 5.69 Å². The van der Waals surface area contributed by atoms with E-state index in [9.17, 15) is 24.3 Å². The summed E-state index contributed by atoms with van der Waals surface area (Å²) in [6, 6.07) is 13.7. The minimum absolute atomic E-state index is 0.0982. The van der Waals surface area contributed by atoms with Crippen LogP contribution in [-0.4, -0.2) is 70.4 Å². The number of hydrogen-bond donors (Lipinski definition) is 3. The number of likely N-dealkylation sites (N-methyl/N-ethyl adjacent to an activating group) is 1. The summed E-state index contributed by atoms with van der Waals surface area (Å²) in [5.41, 5.74) is 4.06. The molecule has 4 rings (SSSR count). The zero-order chi connectivity index (χ0) is 29.6. The molecular weight excluding hydrogens is 528 g/mol. The summed E-state index contributed by atoms with van der Waals surface area (Å²) in [5.74, 6) is -1.76. The monoisotopic (exact) mass is 568 g/mol. The fourth-order valence-corrected chi connectivity index (χ4v) is 6.68. The average molecular weight is 569 g/mol. The maximum absolute atomic E-state index is 12.2. The lowest BCUT2D eigenvalue weighted by Crippen LogP contribution is -3.12. The fraction of sp³-hybridized carbons (Fsp3) is 0.467. The van der Waals surface area contributed by atoms with Crippen molar-refractivity contribution in [3.63, 3.8) is 0 Å². The molecule has 40 heavy (non-hydrogen) atoms. The van der Waals surface area contributed by atoms with Gasteiger partial charge < -0.3 is 30.3 Å². The second-order valence-corrected chi connectivity index (χ2v) is 12.5. The molecule has 216 valence electrons. The van der Waals surface area contributed by atoms with Crippen LogP contribution in [0, 0.1) is 13.8 Å². The fourth-order valence-electron chi connectivity index (χ4n) is 5.05. The van der Waals surface area contributed by atoms with E-state index >= 15 is 0 Å². The number of nitrogens with one attached hydrogen (secondary N) is 3. The summed E-state index contributed by atoms with van der Waals surface area (Å²) < 4.78 is -0.641. The van der Waals surface area contributed by atoms with Gasteiger partial charge in [0.25, 0.3) is 5.91 Å². The number of anilines is 1. The summed E-state index contributed by atoms with van der Waals surface area (Å²) >= 11 is 1.38. The zero-order valence-electron chi connectivity index (χ0n) is 24.1. The molecule has 0 saturated carbocycles. The van der Waals surface area contributed by atoms with Crippen molar-refractivity contribution in [1.82, 2.24) is 10.2 Å². The number of fused-ring (bicyclic) bond motifs is 1. The first-order chi connectivity index (χ1) is 18.9. The predicted molar refractivity (Wildman–Crippen MR) is 155 cm³/mol. The van der Waals surface area contributed by atoms with E-state index in [4.69, 9.17) is 0 Å². The number of nitrogens with zero attached hydrogens (tertiary/aromatic N) is 1. The van der Waals surface area contributed by atoms with Gasteiger partial charge in [-0.05, 0) is 58.2 Å². The number of rotatable bonds is 9. The molecule has 2 aromatic carbocycles. The second-order valence-electron chi connectivity index (χ2n) is 10.7. The first-order valence-electron chi connectivity index (χ1n) is 13.6. The Balaban J connectivity index is 0.000000232. The van der Waals surface area contributed by atoms with Crippen LogP contribution in [-0.2, 0) is 25.6 Å². The lowest BCUT2D eigenvalue weighted by molar-refractivity contribution is -0.888. The molecular formula is C30H40N4O5S. The van der Waals surface area contributed by atoms with Crippen LogP contribution < -0.4 is 20.6 Å². The Morgan fingerprint density at radius 1 is 0.975 bits per heavy atom. The standard InChI is InChI=1S/C16H18N2O4S.C14H22N2O/c1-16(2)12(15(21)22)18-13(20)11(14(18)23-16)17-10(19)8-9-6-4-3-5-7-9;1-5-16(6-2)10-13(17)15-14-11(3)8-7-9-12(14)4/h3-7,11-12,14H,8H2,1-2H3,(H,17,19)(H,21,22);7-9H,5-6,10H2,1-4H3,(H,15,17)/t11-,12+,14-;/m1./s1. The van der Waals surface area contributed by atoms with Gasteiger partial charge in [-0.25, -0.2) is 0 Å². The van der Waals surface area contributed by atoms with Gasteiger partial charge in [0, 0.05) is 10.4 Å². The Bertz CT molecular complexity index is 1210. The Morgan fingerprint density at radius 3 is 2.12 bits per heavy atom. The van der Waals surface area contributed by atoms with E-state index in [0.717, 1.165) is 35.5 Å². The number of amides is 3. The number of carbonyl (C=O) groups is 4. The quantitative estimate of drug-likeness (QED) is 0.383. The Kier molecular flexibility index (Phi) is 10.4. The van der Waals surface area contributed by atoms with Gasteiger partial charge in [0.1, 0.15) is 11.4 Å². The molecule has 0 bridgehead atoms. The molecule has 0 radical (unpaired) electrons. The molecule has 2 fully saturated rings. The van der Waals surface area contributed by atoms with Crippen LogP contribution in [0.15, 0.2) is 48.5 Å². The number of aliphatic carboxylic acids is 1. The SMILES string of the molecule is CC1(C)S[C@@H]2[C@H](NC(=O)Cc3ccccc3)C(=O)N2[C@H]1C(=O)[O-].CC[NH+](CC)CC(=O)Nc1c(C)cccc1C. The molecule has 3 N–H and O–H groups in total. The van der Waals surface area contributed by atoms with E-state index in [1.54, 1.807) is 13.8 Å². The van der Waals surface area contributed by atoms with Crippen molar-refractivity contribution in [3.8, 4) is 0 Å². The Hall–Kier alpha value is -3.37. The summed E-state index contributed by atoms with van der Waals surface area (Å²) in [7, 11) is 0. The van der Waals surface area contributed by atoms with Crippen LogP contribution in [0.3, 0.4) is 0 Å². The average Bonchev–Trinajstić information content (AvgIpc) is 3.17. The molecule has 9 nitrogen and oxygen atoms in total. The van der Waals surface area contributed by atoms with Gasteiger partial charge in [-0.1, -0.05) is 48.5 Å². The van der Waals surface area contributed by atoms with Crippen LogP contribution in [0.25, 0.3) is 0 Å². The molecule has 0 unspecified atom stereocenters. The van der Waals surface area contributed by atoms with Crippen molar-refractivity contribution in [2.24, 2.45) is 0 Å². The van der Waals surface area contributed by atoms with Crippen LogP contribution in [0.5, 0.6) is 0 Å². The van der Waals surface area contributed by atoms with E-state index in [2.05, 4.69) is 24.5 Å². The van der Waals surface area contributed by atoms with Crippen LogP contribution in [0.2, 0.25) is 0 Å². The Labute approximate surface area is 240 Å². The van der Waals surface area contributed by atoms with Crippen molar-refractivity contribution in [2.45, 2.75) is 70.2 Å². The van der Waals surface area contributed by atoms with Gasteiger partial charge in [-0.2, -0.15) is 0 Å². The third-order valence-electron chi connectivity index (χ3n) is 7.34. The number of quaternary nitrogens is 1. The van der Waals surface area contributed by atoms with Gasteiger partial charge >= 0.3 is 0 Å². The number of thioether (sulfide) groups is 1. The van der Waals surface area contributed by atoms with E-state index in [0.29, 0.717) is 6.54 Å². The molecule has 2 aliphatic heterocycles. The molecule has 10 heteroatoms. The molecule has 0 aromatic heterocycles. The summed E-state index contributed by atoms with van der Waals surface area (Å²) in [6.07, 6.45) is 0.190. The number of para-hydroxylation sites is 1. The summed E-state index contributed by atoms with van der Waals surface area (Å²) in [6.45, 7) is 14.3. The topological polar surface area (TPSA) is 123 Å². The van der Waals surface area contributed by atoms with Crippen molar-refractivity contribution in [3.05, 3.63) is 65.2 Å². The molecule has 0 aliphatic carbocycles. The van der Waals surface area contributed by atoms with Crippen LogP contribution in [0.1, 0.15) is 44.4 Å². The molecule has 0 spiro atoms. The Morgan fingerprint density at radius 2 is 1.57 bits per heavy atom. The van der Waals surface area contributed by atoms with E-state index in [-0.39, 0.29) is 29.5 Å². The number of hydrogen-bond acceptors (Lipinski definition) is 6. The first-order valence-corrected chi connectivity index (χ1v) is 14.5. The number of β-lactam (4-membered cyclic amide) rings is 1. The summed E-state index contributed by atoms with van der Waals surface area (Å²) in [5, 5.41) is 16.7. The highest BCUT2D eigenvalue weighted by molar-refractivity contribution is 8.01. The van der Waals surface area contributed by atoms with E-state index in [1.807, 2.05) is 62.4 Å². The number of benzene rings is 2. The third-order valence-corrected chi connectivity index (χ3v) is 8.92. The maximum Gasteiger partial charge on any atom is 0.279 e. The molecule has 2 heterocycles. The summed E-state index contributed by atoms with van der Waals surface area (Å²) in [4.78, 5) is 50.2. The molecule has 2 aliphatic rings. The normalized spacial score (nSPS) is 20.6. The zero-order valence-corrected chi connectivity index (χ0v) is 24.9. The van der Waals surface area contributed by atoms with Gasteiger partial charge in [0.15, 0.2) is 6.54 Å². The first kappa shape index (κ1) is 31.2. The molecule has 3 atom stereocenters. The number of carbonyl (C=O) groups excluding carboxylic acids is 4. The largest absolute Gasteiger partial charge is 0.548 e. The third kappa shape index (κ3) is 7.22. The lowest BCUT2D eigenvalue weighted by Gasteiger charge is -2.45. The lowest BCUT2D eigenvalue weighted by atomic mass is 9.96. The van der Waals surface area contributed by atoms with Crippen molar-refractivity contribution in [1.29, 1.82) is 0 Å². The van der Waals surface area contributed by atoms with Crippen molar-refractivity contribution < 1.29 is 29.2 Å². The molecule has 2 saturated heterocycles. The van der Waals surface area contributed by atoms with Crippen LogP contribution >= 0.6 is 11.8 Å². The van der Waals surface area contributed by atoms with Gasteiger partial charge in [0.2, 0.25) is 11.8 Å². The molecule has 3 amide bonds. The predicted octanol–water partition coefficient (Wildman–Crippen LogP) is 0.693. The highest BCUT2D eigenvalue weighted by Gasteiger charge is 2.62. The number of carboxylic acid groups (broad SMARTS) is 1. The minimum atomic E-state index is -1.26. The van der Waals surface area contributed by atoms with E-state index in [1.165, 1.54) is 21.6 Å². The van der Waals surface area contributed by atoms with Gasteiger partial charge in [0.05, 0.1) is 31.5 Å². The van der Waals surface area contributed by atoms with E-state index < -0.39 is 22.8 Å². The molecule has 2 aromatic rings. The van der Waals surface area contributed by atoms with Crippen molar-refractivity contribution >= 4 is 41.1 Å². The maximum atomic E-state index is 12.2. The number of aryl methyl sites for hydroxylation is 2. The van der Waals surface area contributed by atoms with Gasteiger partial charge in [-0.15, -0.1) is 11.8 Å². The smallest absolute Gasteiger partial charge is 0.279 e. The highest BCUT2D eigenvalue weighted by Crippen LogP contribution is 2.50. The highest BCUT2D eigenvalue weighted by atomic mass is 32.2. The van der Waals surface area contributed by atoms with Crippen molar-refractivity contribution in [2.75, 3.05) is 25.0 Å². The second kappa shape index (κ2) is 13.3. The van der Waals surface area contributed by atoms with Gasteiger partial charge in [-0.3, -0.25) is 14.4 Å². The minimum Gasteiger partial charge on any atom is -0.548 e.